The molecule has 2 unspecified atom stereocenters. The molecule has 13 nitrogen and oxygen atoms in total. The molecule has 0 spiro atoms. The summed E-state index contributed by atoms with van der Waals surface area (Å²) in [4.78, 5) is 36.3. The third-order valence-corrected chi connectivity index (χ3v) is 6.90. The predicted molar refractivity (Wildman–Crippen MR) is 84.5 cm³/mol. The van der Waals surface area contributed by atoms with Crippen LogP contribution in [0.3, 0.4) is 0 Å². The first-order valence-corrected chi connectivity index (χ1v) is 11.3. The van der Waals surface area contributed by atoms with Gasteiger partial charge in [-0.1, -0.05) is 11.8 Å². The van der Waals surface area contributed by atoms with Crippen molar-refractivity contribution < 1.29 is 48.6 Å². The highest BCUT2D eigenvalue weighted by molar-refractivity contribution is 8.07. The van der Waals surface area contributed by atoms with Crippen molar-refractivity contribution in [3.8, 4) is 0 Å². The molecule has 0 bridgehead atoms. The zero-order valence-corrected chi connectivity index (χ0v) is 16.0. The van der Waals surface area contributed by atoms with Crippen LogP contribution in [0.25, 0.3) is 0 Å². The first-order chi connectivity index (χ1) is 12.0. The highest BCUT2D eigenvalue weighted by atomic mass is 32.5. The van der Waals surface area contributed by atoms with Gasteiger partial charge < -0.3 is 29.3 Å². The maximum absolute atomic E-state index is 11.8. The molecule has 1 saturated heterocycles. The largest absolute Gasteiger partial charge is 0.779 e. The van der Waals surface area contributed by atoms with E-state index in [1.54, 1.807) is 0 Å². The summed E-state index contributed by atoms with van der Waals surface area (Å²) in [6.07, 6.45) is -4.27. The third kappa shape index (κ3) is 5.33. The van der Waals surface area contributed by atoms with E-state index < -0.39 is 51.2 Å². The van der Waals surface area contributed by atoms with Crippen LogP contribution >= 0.6 is 26.7 Å². The lowest BCUT2D eigenvalue weighted by Gasteiger charge is -2.31. The molecule has 17 heteroatoms. The van der Waals surface area contributed by atoms with Gasteiger partial charge in [-0.15, -0.1) is 0 Å². The summed E-state index contributed by atoms with van der Waals surface area (Å²) in [5.74, 6) is 0. The number of aromatic amines is 1. The van der Waals surface area contributed by atoms with Crippen LogP contribution in [0.15, 0.2) is 17.1 Å². The van der Waals surface area contributed by atoms with E-state index in [-0.39, 0.29) is 10.0 Å². The SMILES string of the molecule is O=c1ccn([C@@H]2O[C@H](COP([O-])(=S)OP(=O)([O-])[NH2+]O)[C@@H](O)[C@H]2O)c(=S)[nH]1. The van der Waals surface area contributed by atoms with Crippen LogP contribution < -0.4 is 20.6 Å². The fourth-order valence-electron chi connectivity index (χ4n) is 2.07. The van der Waals surface area contributed by atoms with Gasteiger partial charge in [0.1, 0.15) is 25.0 Å². The Bertz CT molecular complexity index is 861. The zero-order valence-electron chi connectivity index (χ0n) is 12.6. The van der Waals surface area contributed by atoms with Crippen LogP contribution in [0, 0.1) is 4.77 Å². The minimum atomic E-state index is -4.97. The van der Waals surface area contributed by atoms with E-state index in [1.165, 1.54) is 10.8 Å². The van der Waals surface area contributed by atoms with Crippen molar-refractivity contribution in [3.63, 3.8) is 0 Å². The fraction of sp³-hybridized carbons (Fsp3) is 0.556. The molecule has 0 saturated carbocycles. The Kier molecular flexibility index (Phi) is 7.02. The molecule has 26 heavy (non-hydrogen) atoms. The van der Waals surface area contributed by atoms with E-state index in [2.05, 4.69) is 25.6 Å². The molecule has 2 heterocycles. The number of nitrogens with two attached hydrogens (primary N) is 1. The Hall–Kier alpha value is -0.380. The van der Waals surface area contributed by atoms with Crippen LogP contribution in [0.1, 0.15) is 6.23 Å². The average Bonchev–Trinajstić information content (AvgIpc) is 2.80. The predicted octanol–water partition coefficient (Wildman–Crippen LogP) is -3.44. The van der Waals surface area contributed by atoms with Crippen LogP contribution in [0.5, 0.6) is 0 Å². The molecule has 1 aromatic heterocycles. The minimum absolute atomic E-state index is 0.0848. The summed E-state index contributed by atoms with van der Waals surface area (Å²) in [7, 11) is -4.97. The number of H-pyrrole nitrogens is 1. The molecule has 1 aliphatic heterocycles. The maximum atomic E-state index is 11.8. The Labute approximate surface area is 155 Å². The Morgan fingerprint density at radius 1 is 1.42 bits per heavy atom. The zero-order chi connectivity index (χ0) is 19.7. The number of hydrogen-bond acceptors (Lipinski definition) is 12. The summed E-state index contributed by atoms with van der Waals surface area (Å²) < 4.78 is 26.2. The second kappa shape index (κ2) is 8.32. The van der Waals surface area contributed by atoms with Gasteiger partial charge in [-0.05, 0) is 12.2 Å². The molecule has 0 radical (unpaired) electrons. The number of nitrogens with one attached hydrogen (secondary N) is 1. The second-order valence-electron chi connectivity index (χ2n) is 5.04. The van der Waals surface area contributed by atoms with E-state index >= 15 is 0 Å². The van der Waals surface area contributed by atoms with Crippen molar-refractivity contribution >= 4 is 38.5 Å². The summed E-state index contributed by atoms with van der Waals surface area (Å²) >= 11 is 9.30. The van der Waals surface area contributed by atoms with E-state index in [0.29, 0.717) is 0 Å². The van der Waals surface area contributed by atoms with Crippen LogP contribution in [0.2, 0.25) is 0 Å². The first kappa shape index (κ1) is 21.9. The molecule has 0 amide bonds. The monoisotopic (exact) mass is 450 g/mol. The Morgan fingerprint density at radius 3 is 2.65 bits per heavy atom. The highest BCUT2D eigenvalue weighted by Crippen LogP contribution is 2.50. The molecule has 6 atom stereocenters. The third-order valence-electron chi connectivity index (χ3n) is 3.21. The number of aromatic nitrogens is 2. The van der Waals surface area contributed by atoms with Crippen molar-refractivity contribution in [2.75, 3.05) is 6.61 Å². The van der Waals surface area contributed by atoms with Gasteiger partial charge in [-0.3, -0.25) is 14.3 Å². The molecule has 6 N–H and O–H groups in total. The topological polar surface area (TPSA) is 206 Å². The van der Waals surface area contributed by atoms with Crippen molar-refractivity contribution in [1.29, 1.82) is 0 Å². The Morgan fingerprint density at radius 2 is 2.08 bits per heavy atom. The first-order valence-electron chi connectivity index (χ1n) is 6.75. The van der Waals surface area contributed by atoms with Crippen molar-refractivity contribution in [2.45, 2.75) is 24.5 Å². The smallest absolute Gasteiger partial charge is 0.361 e. The normalized spacial score (nSPS) is 30.7. The van der Waals surface area contributed by atoms with Gasteiger partial charge in [0.2, 0.25) is 0 Å². The molecular formula is C9H14N3O10P2S2-. The molecule has 2 rings (SSSR count). The number of rotatable bonds is 7. The number of quaternary nitrogens is 1. The van der Waals surface area contributed by atoms with E-state index in [9.17, 15) is 29.4 Å². The van der Waals surface area contributed by atoms with E-state index in [1.807, 2.05) is 0 Å². The average molecular weight is 450 g/mol. The van der Waals surface area contributed by atoms with Crippen LogP contribution in [-0.4, -0.2) is 49.9 Å². The molecular weight excluding hydrogens is 436 g/mol. The van der Waals surface area contributed by atoms with Crippen molar-refractivity contribution in [1.82, 2.24) is 9.55 Å². The van der Waals surface area contributed by atoms with Gasteiger partial charge in [0.25, 0.3) is 5.56 Å². The number of aliphatic hydroxyl groups is 2. The van der Waals surface area contributed by atoms with E-state index in [0.717, 1.165) is 6.07 Å². The lowest BCUT2D eigenvalue weighted by Crippen LogP contribution is -2.77. The Balaban J connectivity index is 2.08. The molecule has 148 valence electrons. The number of nitrogens with zero attached hydrogens (tertiary/aromatic N) is 1. The van der Waals surface area contributed by atoms with Gasteiger partial charge in [-0.25, -0.2) is 14.1 Å². The van der Waals surface area contributed by atoms with Crippen molar-refractivity contribution in [3.05, 3.63) is 27.4 Å². The summed E-state index contributed by atoms with van der Waals surface area (Å²) in [5.41, 5.74) is -0.480. The fourth-order valence-corrected chi connectivity index (χ4v) is 5.16. The molecule has 1 fully saturated rings. The van der Waals surface area contributed by atoms with Gasteiger partial charge in [-0.2, -0.15) is 5.25 Å². The highest BCUT2D eigenvalue weighted by Gasteiger charge is 2.44. The van der Waals surface area contributed by atoms with Crippen molar-refractivity contribution in [2.24, 2.45) is 0 Å². The van der Waals surface area contributed by atoms with Gasteiger partial charge in [0, 0.05) is 12.3 Å². The summed E-state index contributed by atoms with van der Waals surface area (Å²) in [6.45, 7) is -5.27. The number of hydrogen-bond donors (Lipinski definition) is 5. The lowest BCUT2D eigenvalue weighted by atomic mass is 10.1. The van der Waals surface area contributed by atoms with Gasteiger partial charge in [0.15, 0.2) is 11.0 Å². The summed E-state index contributed by atoms with van der Waals surface area (Å²) in [5, 5.41) is 28.2. The van der Waals surface area contributed by atoms with Gasteiger partial charge >= 0.3 is 7.75 Å². The molecule has 0 aliphatic carbocycles. The van der Waals surface area contributed by atoms with Crippen LogP contribution in [-0.2, 0) is 29.9 Å². The van der Waals surface area contributed by atoms with Crippen LogP contribution in [0.4, 0.5) is 0 Å². The van der Waals surface area contributed by atoms with E-state index in [4.69, 9.17) is 22.2 Å². The molecule has 0 aromatic carbocycles. The summed E-state index contributed by atoms with van der Waals surface area (Å²) in [6, 6.07) is 1.12. The second-order valence-corrected chi connectivity index (χ2v) is 9.89. The minimum Gasteiger partial charge on any atom is -0.779 e. The lowest BCUT2D eigenvalue weighted by molar-refractivity contribution is -0.797. The molecule has 1 aromatic rings. The number of aliphatic hydroxyl groups excluding tert-OH is 2. The standard InChI is InChI=1S/C9H15N3O10P2S2/c13-5-1-2-12(9(25)10-5)8-7(15)6(14)4(21-8)3-20-24(19,26)22-23(17,18)11-16/h1-2,4,6-8,14-16H,3H2,(H,19,26)(H,10,13,25)(H2,11,17,18)/p-1/t4-,6-,7-,8-,24?/m1/s1. The van der Waals surface area contributed by atoms with Gasteiger partial charge in [0.05, 0.1) is 6.61 Å². The maximum Gasteiger partial charge on any atom is 0.361 e. The quantitative estimate of drug-likeness (QED) is 0.156. The molecule has 1 aliphatic rings. The number of ether oxygens (including phenoxy) is 1.